The minimum atomic E-state index is -0.736. The van der Waals surface area contributed by atoms with Gasteiger partial charge in [0.15, 0.2) is 0 Å². The Labute approximate surface area is 518 Å². The van der Waals surface area contributed by atoms with E-state index in [0.717, 1.165) is 77.2 Å². The number of benzene rings is 5. The second-order valence-corrected chi connectivity index (χ2v) is 24.1. The van der Waals surface area contributed by atoms with E-state index in [4.69, 9.17) is 0 Å². The first kappa shape index (κ1) is 60.5. The molecule has 5 aliphatic rings. The number of aromatic nitrogens is 7. The molecule has 7 heterocycles. The van der Waals surface area contributed by atoms with Crippen LogP contribution in [0.5, 0.6) is 0 Å². The van der Waals surface area contributed by atoms with E-state index in [1.807, 2.05) is 72.8 Å². The monoisotopic (exact) mass is 1340 g/mol. The number of halogens is 3. The number of aryl methyl sites for hydroxylation is 2. The van der Waals surface area contributed by atoms with Gasteiger partial charge in [-0.3, -0.25) is 34.1 Å². The summed E-state index contributed by atoms with van der Waals surface area (Å²) in [5, 5.41) is 35.4. The summed E-state index contributed by atoms with van der Waals surface area (Å²) in [4.78, 5) is 78.4. The van der Waals surface area contributed by atoms with Crippen molar-refractivity contribution in [3.63, 3.8) is 0 Å². The number of nitrogens with zero attached hydrogens (tertiary/aromatic N) is 7. The number of nitrogens with one attached hydrogen (secondary N) is 4. The first-order valence-corrected chi connectivity index (χ1v) is 29.8. The van der Waals surface area contributed by atoms with Gasteiger partial charge in [0.2, 0.25) is 17.7 Å². The van der Waals surface area contributed by atoms with Gasteiger partial charge in [0.25, 0.3) is 16.7 Å². The predicted octanol–water partition coefficient (Wildman–Crippen LogP) is 9.72. The van der Waals surface area contributed by atoms with E-state index in [9.17, 15) is 33.9 Å². The maximum Gasteiger partial charge on any atom is 0.279 e. The molecule has 3 saturated heterocycles. The number of fused-ring (bicyclic) bond motifs is 5. The molecule has 18 nitrogen and oxygen atoms in total. The minimum Gasteiger partial charge on any atom is -0.373 e. The van der Waals surface area contributed by atoms with E-state index in [-0.39, 0.29) is 58.1 Å². The summed E-state index contributed by atoms with van der Waals surface area (Å²) < 4.78 is 4.15. The third-order valence-corrected chi connectivity index (χ3v) is 16.8. The zero-order valence-electron chi connectivity index (χ0n) is 47.0. The molecule has 3 fully saturated rings. The van der Waals surface area contributed by atoms with Crippen LogP contribution in [0.1, 0.15) is 17.5 Å². The van der Waals surface area contributed by atoms with Crippen LogP contribution in [0.4, 0.5) is 5.82 Å². The van der Waals surface area contributed by atoms with Gasteiger partial charge in [-0.2, -0.15) is 20.0 Å². The zero-order chi connectivity index (χ0) is 60.8. The van der Waals surface area contributed by atoms with Crippen LogP contribution in [-0.4, -0.2) is 102 Å². The third kappa shape index (κ3) is 14.0. The number of aromatic amines is 2. The van der Waals surface area contributed by atoms with E-state index in [2.05, 4.69) is 175 Å². The summed E-state index contributed by atoms with van der Waals surface area (Å²) in [5.41, 5.74) is 7.12. The van der Waals surface area contributed by atoms with E-state index in [1.165, 1.54) is 15.8 Å². The number of imide groups is 1. The van der Waals surface area contributed by atoms with Gasteiger partial charge in [0.1, 0.15) is 12.0 Å². The van der Waals surface area contributed by atoms with E-state index in [0.29, 0.717) is 27.9 Å². The van der Waals surface area contributed by atoms with Gasteiger partial charge < -0.3 is 20.2 Å². The fourth-order valence-corrected chi connectivity index (χ4v) is 11.7. The zero-order valence-corrected chi connectivity index (χ0v) is 51.7. The average Bonchev–Trinajstić information content (AvgIpc) is 3.04. The van der Waals surface area contributed by atoms with Crippen LogP contribution < -0.4 is 32.2 Å². The maximum atomic E-state index is 13.1. The lowest BCUT2D eigenvalue weighted by Crippen LogP contribution is -2.31. The lowest BCUT2D eigenvalue weighted by atomic mass is 9.90. The number of allylic oxidation sites excluding steroid dienone is 4. The number of hydrogen-bond donors (Lipinski definition) is 5. The maximum absolute atomic E-state index is 13.1. The number of pyridine rings is 1. The Morgan fingerprint density at radius 3 is 1.72 bits per heavy atom. The Bertz CT molecular complexity index is 4350. The Morgan fingerprint density at radius 1 is 0.581 bits per heavy atom. The van der Waals surface area contributed by atoms with Gasteiger partial charge in [-0.15, -0.1) is 0 Å². The van der Waals surface area contributed by atoms with Crippen LogP contribution in [0.2, 0.25) is 0 Å². The number of rotatable bonds is 5. The molecule has 0 radical (unpaired) electrons. The smallest absolute Gasteiger partial charge is 0.279 e. The number of carbonyl (C=O) groups is 3. The Morgan fingerprint density at radius 2 is 1.13 bits per heavy atom. The molecule has 0 spiro atoms. The molecule has 436 valence electrons. The van der Waals surface area contributed by atoms with Crippen LogP contribution in [0.3, 0.4) is 0 Å². The van der Waals surface area contributed by atoms with Crippen molar-refractivity contribution in [2.75, 3.05) is 32.1 Å². The molecule has 86 heavy (non-hydrogen) atoms. The topological polar surface area (TPSA) is 241 Å². The highest BCUT2D eigenvalue weighted by molar-refractivity contribution is 9.12. The molecule has 5 aromatic carbocycles. The van der Waals surface area contributed by atoms with Crippen molar-refractivity contribution in [3.8, 4) is 27.9 Å². The second-order valence-electron chi connectivity index (χ2n) is 21.3. The highest BCUT2D eigenvalue weighted by atomic mass is 79.9. The Kier molecular flexibility index (Phi) is 18.8. The van der Waals surface area contributed by atoms with E-state index in [1.54, 1.807) is 55.2 Å². The van der Waals surface area contributed by atoms with Gasteiger partial charge >= 0.3 is 0 Å². The van der Waals surface area contributed by atoms with Crippen molar-refractivity contribution in [2.45, 2.75) is 32.5 Å². The predicted molar refractivity (Wildman–Crippen MR) is 346 cm³/mol. The number of hydrogen-bond acceptors (Lipinski definition) is 13. The molecule has 2 aliphatic carbocycles. The molecule has 5 N–H and O–H groups in total. The van der Waals surface area contributed by atoms with Gasteiger partial charge in [0.05, 0.1) is 64.4 Å². The standard InChI is InChI=1S/C26H27N5O.C15H12N2O.C8H5BrN2O.C8H8BrNO2.C8H6BrNO2/c1-18-4-6-19(7-5-18)20-8-10-24-21(14-20)15-28-31(26(24)32)22-9-11-25(27-16-22)30-13-12-23(17-30)29(2)3;1-10-2-4-11(5-3-10)12-6-7-14-13(8-12)9-16-17-15(14)18;9-6-1-2-7-5(3-6)4-10-11-8(7)12;2*9-4-1-2-5-6(3-4)8(12)10-7(5)11/h4-11,14-16,23H,12-13,17H2,1-3H3;2-9H,1H3,(H,17,18);1-4H,(H,11,12);1-3,5-6,8,12H,(H,10,11);1-3,5-6H,(H,10,11,12). The van der Waals surface area contributed by atoms with Crippen LogP contribution in [0.15, 0.2) is 204 Å². The second kappa shape index (κ2) is 26.8. The number of amides is 3. The lowest BCUT2D eigenvalue weighted by Gasteiger charge is -2.21. The quantitative estimate of drug-likeness (QED) is 0.101. The molecule has 21 heteroatoms. The molecule has 6 unspecified atom stereocenters. The van der Waals surface area contributed by atoms with Crippen molar-refractivity contribution in [1.82, 2.24) is 50.7 Å². The summed E-state index contributed by atoms with van der Waals surface area (Å²) in [6.45, 7) is 6.10. The molecule has 0 saturated carbocycles. The average molecular weight is 1340 g/mol. The van der Waals surface area contributed by atoms with Crippen molar-refractivity contribution in [3.05, 3.63) is 232 Å². The summed E-state index contributed by atoms with van der Waals surface area (Å²) in [6, 6.07) is 38.3. The van der Waals surface area contributed by atoms with Crippen molar-refractivity contribution in [2.24, 2.45) is 23.7 Å². The summed E-state index contributed by atoms with van der Waals surface area (Å²) >= 11 is 9.87. The summed E-state index contributed by atoms with van der Waals surface area (Å²) in [6.07, 6.45) is 18.0. The molecule has 3 aliphatic heterocycles. The van der Waals surface area contributed by atoms with Crippen molar-refractivity contribution >= 4 is 104 Å². The number of aliphatic hydroxyl groups excluding tert-OH is 1. The number of carbonyl (C=O) groups excluding carboxylic acids is 3. The van der Waals surface area contributed by atoms with Crippen molar-refractivity contribution in [1.29, 1.82) is 0 Å². The molecule has 9 aromatic rings. The first-order valence-electron chi connectivity index (χ1n) is 27.5. The molecule has 6 atom stereocenters. The summed E-state index contributed by atoms with van der Waals surface area (Å²) in [7, 11) is 4.23. The molecular weight excluding hydrogens is 1290 g/mol. The highest BCUT2D eigenvalue weighted by Crippen LogP contribution is 2.33. The van der Waals surface area contributed by atoms with E-state index >= 15 is 0 Å². The number of aliphatic hydroxyl groups is 1. The third-order valence-electron chi connectivity index (χ3n) is 15.3. The number of H-pyrrole nitrogens is 2. The summed E-state index contributed by atoms with van der Waals surface area (Å²) in [5.74, 6) is -0.465. The molecule has 14 rings (SSSR count). The lowest BCUT2D eigenvalue weighted by molar-refractivity contribution is -0.126. The SMILES string of the molecule is Cc1ccc(-c2ccc3c(=O)[nH]ncc3c2)cc1.Cc1ccc(-c2ccc3c(=O)n(-c4ccc(N5CCC(N(C)C)C5)nc4)ncc3c2)cc1.O=C1NC(=O)C2C=C(Br)C=CC12.O=C1NC(O)C2C=C(Br)C=CC12.O=c1[nH]ncc2cc(Br)ccc12. The number of likely N-dealkylation sites (N-methyl/N-ethyl adjacent to an activating group) is 1. The first-order chi connectivity index (χ1) is 41.4. The highest BCUT2D eigenvalue weighted by Gasteiger charge is 2.40. The molecular formula is C65H58Br3N11O7. The largest absolute Gasteiger partial charge is 0.373 e. The van der Waals surface area contributed by atoms with Gasteiger partial charge in [-0.25, -0.2) is 15.2 Å². The van der Waals surface area contributed by atoms with Gasteiger partial charge in [-0.1, -0.05) is 156 Å². The minimum absolute atomic E-state index is 0.0972. The van der Waals surface area contributed by atoms with Crippen LogP contribution in [0.25, 0.3) is 60.3 Å². The Hall–Kier alpha value is -8.60. The Balaban J connectivity index is 0.000000128. The normalized spacial score (nSPS) is 19.8. The fraction of sp³-hybridized carbons (Fsp3) is 0.200. The van der Waals surface area contributed by atoms with E-state index < -0.39 is 6.23 Å². The van der Waals surface area contributed by atoms with Crippen LogP contribution in [-0.2, 0) is 14.4 Å². The molecule has 0 bridgehead atoms. The van der Waals surface area contributed by atoms with Crippen LogP contribution >= 0.6 is 47.8 Å². The van der Waals surface area contributed by atoms with Crippen molar-refractivity contribution < 1.29 is 19.5 Å². The molecule has 4 aromatic heterocycles. The van der Waals surface area contributed by atoms with Gasteiger partial charge in [0, 0.05) is 54.6 Å². The molecule has 3 amide bonds. The van der Waals surface area contributed by atoms with Gasteiger partial charge in [-0.05, 0) is 111 Å². The number of anilines is 1. The fourth-order valence-electron chi connectivity index (χ4n) is 10.4. The van der Waals surface area contributed by atoms with Crippen LogP contribution in [0, 0.1) is 37.5 Å².